The predicted molar refractivity (Wildman–Crippen MR) is 130 cm³/mol. The molecule has 0 unspecified atom stereocenters. The van der Waals surface area contributed by atoms with E-state index >= 15 is 0 Å². The number of nitrogens with one attached hydrogen (secondary N) is 1. The molecule has 35 heavy (non-hydrogen) atoms. The molecule has 4 heterocycles. The Kier molecular flexibility index (Phi) is 5.74. The summed E-state index contributed by atoms with van der Waals surface area (Å²) in [5.41, 5.74) is 12.6. The Bertz CT molecular complexity index is 1420. The van der Waals surface area contributed by atoms with E-state index in [4.69, 9.17) is 23.1 Å². The number of imidazole rings is 2. The van der Waals surface area contributed by atoms with E-state index < -0.39 is 17.7 Å². The van der Waals surface area contributed by atoms with E-state index in [-0.39, 0.29) is 43.6 Å². The van der Waals surface area contributed by atoms with Crippen molar-refractivity contribution < 1.29 is 15.0 Å². The van der Waals surface area contributed by atoms with Crippen molar-refractivity contribution in [2.45, 2.75) is 43.9 Å². The summed E-state index contributed by atoms with van der Waals surface area (Å²) < 4.78 is 1.64. The molecule has 0 radical (unpaired) electrons. The Balaban J connectivity index is 1.39. The van der Waals surface area contributed by atoms with Crippen LogP contribution in [0, 0.1) is 0 Å². The van der Waals surface area contributed by atoms with E-state index in [1.54, 1.807) is 28.5 Å². The van der Waals surface area contributed by atoms with Crippen molar-refractivity contribution in [3.63, 3.8) is 0 Å². The van der Waals surface area contributed by atoms with Crippen LogP contribution in [-0.4, -0.2) is 75.3 Å². The average Bonchev–Trinajstić information content (AvgIpc) is 3.34. The number of hydrogen-bond acceptors (Lipinski definition) is 9. The van der Waals surface area contributed by atoms with Gasteiger partial charge in [-0.05, 0) is 25.1 Å². The van der Waals surface area contributed by atoms with Crippen LogP contribution < -0.4 is 11.5 Å². The second kappa shape index (κ2) is 8.63. The number of aromatic nitrogens is 6. The van der Waals surface area contributed by atoms with Gasteiger partial charge in [0.2, 0.25) is 11.9 Å². The normalized spacial score (nSPS) is 23.1. The minimum absolute atomic E-state index is 0.0231. The lowest BCUT2D eigenvalue weighted by Crippen LogP contribution is -2.42. The first-order valence-corrected chi connectivity index (χ1v) is 11.6. The zero-order valence-corrected chi connectivity index (χ0v) is 19.8. The van der Waals surface area contributed by atoms with E-state index in [0.717, 1.165) is 11.0 Å². The maximum Gasteiger partial charge on any atom is 0.224 e. The number of aliphatic hydroxyl groups is 2. The summed E-state index contributed by atoms with van der Waals surface area (Å²) >= 11 is 6.04. The second-order valence-corrected chi connectivity index (χ2v) is 9.60. The molecule has 3 atom stereocenters. The summed E-state index contributed by atoms with van der Waals surface area (Å²) in [5, 5.41) is 22.5. The molecule has 1 aliphatic heterocycles. The van der Waals surface area contributed by atoms with Gasteiger partial charge in [-0.15, -0.1) is 0 Å². The largest absolute Gasteiger partial charge is 0.391 e. The summed E-state index contributed by atoms with van der Waals surface area (Å²) in [6.45, 7) is 1.84. The molecule has 5 rings (SSSR count). The smallest absolute Gasteiger partial charge is 0.224 e. The molecule has 184 valence electrons. The lowest BCUT2D eigenvalue weighted by atomic mass is 9.91. The SMILES string of the molecule is C[C@@]1(O)C[C@H](O)CN(C(=O)CCc2nc3ccc(Cl)cc3[nH]2)C[C@H]1n1cnc2c(N)nc(N)nc21. The predicted octanol–water partition coefficient (Wildman–Crippen LogP) is 1.04. The zero-order chi connectivity index (χ0) is 24.9. The first kappa shape index (κ1) is 23.3. The molecule has 0 spiro atoms. The average molecular weight is 500 g/mol. The molecule has 13 heteroatoms. The third kappa shape index (κ3) is 4.47. The van der Waals surface area contributed by atoms with Gasteiger partial charge in [0.05, 0.1) is 35.1 Å². The number of nitrogen functional groups attached to an aromatic ring is 2. The number of amides is 1. The van der Waals surface area contributed by atoms with Gasteiger partial charge in [-0.3, -0.25) is 4.79 Å². The van der Waals surface area contributed by atoms with Gasteiger partial charge in [0.1, 0.15) is 11.3 Å². The Morgan fingerprint density at radius 1 is 1.29 bits per heavy atom. The van der Waals surface area contributed by atoms with Gasteiger partial charge in [0, 0.05) is 37.4 Å². The number of carbonyl (C=O) groups is 1. The van der Waals surface area contributed by atoms with Crippen molar-refractivity contribution in [3.8, 4) is 0 Å². The van der Waals surface area contributed by atoms with Crippen LogP contribution >= 0.6 is 11.6 Å². The molecule has 0 saturated carbocycles. The number of aromatic amines is 1. The van der Waals surface area contributed by atoms with Crippen molar-refractivity contribution in [2.75, 3.05) is 24.6 Å². The van der Waals surface area contributed by atoms with Crippen LogP contribution in [0.3, 0.4) is 0 Å². The van der Waals surface area contributed by atoms with E-state index in [9.17, 15) is 15.0 Å². The molecule has 0 bridgehead atoms. The Labute approximate surface area is 204 Å². The molecular weight excluding hydrogens is 474 g/mol. The van der Waals surface area contributed by atoms with Gasteiger partial charge >= 0.3 is 0 Å². The summed E-state index contributed by atoms with van der Waals surface area (Å²) in [6.07, 6.45) is 1.19. The number of β-amino-alcohol motifs (C(OH)–C–C–N with tert-alkyl or cyclic N) is 1. The van der Waals surface area contributed by atoms with Gasteiger partial charge in [-0.1, -0.05) is 11.6 Å². The number of aliphatic hydroxyl groups excluding tert-OH is 1. The number of H-pyrrole nitrogens is 1. The third-order valence-corrected chi connectivity index (χ3v) is 6.65. The number of rotatable bonds is 4. The highest BCUT2D eigenvalue weighted by atomic mass is 35.5. The fourth-order valence-electron chi connectivity index (χ4n) is 4.72. The van der Waals surface area contributed by atoms with Crippen molar-refractivity contribution >= 4 is 51.5 Å². The Morgan fingerprint density at radius 2 is 2.09 bits per heavy atom. The van der Waals surface area contributed by atoms with Crippen molar-refractivity contribution in [1.29, 1.82) is 0 Å². The highest BCUT2D eigenvalue weighted by Gasteiger charge is 2.42. The molecule has 1 aliphatic rings. The first-order valence-electron chi connectivity index (χ1n) is 11.2. The van der Waals surface area contributed by atoms with Gasteiger partial charge in [0.15, 0.2) is 11.5 Å². The van der Waals surface area contributed by atoms with Crippen LogP contribution in [0.5, 0.6) is 0 Å². The second-order valence-electron chi connectivity index (χ2n) is 9.17. The minimum atomic E-state index is -1.37. The number of hydrogen-bond donors (Lipinski definition) is 5. The van der Waals surface area contributed by atoms with Crippen LogP contribution in [0.15, 0.2) is 24.5 Å². The maximum atomic E-state index is 13.2. The maximum absolute atomic E-state index is 13.2. The van der Waals surface area contributed by atoms with E-state index in [0.29, 0.717) is 28.4 Å². The molecule has 1 aromatic carbocycles. The number of nitrogens with zero attached hydrogens (tertiary/aromatic N) is 6. The van der Waals surface area contributed by atoms with Crippen molar-refractivity contribution in [3.05, 3.63) is 35.4 Å². The molecule has 1 fully saturated rings. The van der Waals surface area contributed by atoms with E-state index in [1.807, 2.05) is 6.07 Å². The summed E-state index contributed by atoms with van der Waals surface area (Å²) in [4.78, 5) is 34.9. The number of aryl methyl sites for hydroxylation is 1. The highest BCUT2D eigenvalue weighted by molar-refractivity contribution is 6.31. The first-order chi connectivity index (χ1) is 16.6. The monoisotopic (exact) mass is 499 g/mol. The number of carbonyl (C=O) groups excluding carboxylic acids is 1. The Morgan fingerprint density at radius 3 is 2.89 bits per heavy atom. The van der Waals surface area contributed by atoms with Crippen LogP contribution in [-0.2, 0) is 11.2 Å². The third-order valence-electron chi connectivity index (χ3n) is 6.41. The lowest BCUT2D eigenvalue weighted by molar-refractivity contribution is -0.132. The molecule has 7 N–H and O–H groups in total. The van der Waals surface area contributed by atoms with Gasteiger partial charge in [-0.2, -0.15) is 9.97 Å². The number of nitrogens with two attached hydrogens (primary N) is 2. The van der Waals surface area contributed by atoms with Crippen molar-refractivity contribution in [2.24, 2.45) is 0 Å². The van der Waals surface area contributed by atoms with Gasteiger partial charge in [0.25, 0.3) is 0 Å². The topological polar surface area (TPSA) is 185 Å². The Hall–Kier alpha value is -3.48. The van der Waals surface area contributed by atoms with Gasteiger partial charge in [-0.25, -0.2) is 9.97 Å². The van der Waals surface area contributed by atoms with Crippen molar-refractivity contribution in [1.82, 2.24) is 34.4 Å². The molecule has 1 amide bonds. The minimum Gasteiger partial charge on any atom is -0.391 e. The number of anilines is 2. The molecule has 0 aliphatic carbocycles. The fourth-order valence-corrected chi connectivity index (χ4v) is 4.90. The quantitative estimate of drug-likeness (QED) is 0.273. The summed E-state index contributed by atoms with van der Waals surface area (Å²) in [7, 11) is 0. The molecule has 1 saturated heterocycles. The van der Waals surface area contributed by atoms with E-state index in [2.05, 4.69) is 24.9 Å². The zero-order valence-electron chi connectivity index (χ0n) is 19.0. The molecular formula is C22H26ClN9O3. The number of benzene rings is 1. The van der Waals surface area contributed by atoms with Crippen LogP contribution in [0.1, 0.15) is 31.6 Å². The van der Waals surface area contributed by atoms with Crippen LogP contribution in [0.2, 0.25) is 5.02 Å². The van der Waals surface area contributed by atoms with Crippen LogP contribution in [0.4, 0.5) is 11.8 Å². The molecule has 3 aromatic heterocycles. The highest BCUT2D eigenvalue weighted by Crippen LogP contribution is 2.34. The van der Waals surface area contributed by atoms with Gasteiger partial charge < -0.3 is 36.1 Å². The number of likely N-dealkylation sites (tertiary alicyclic amines) is 1. The molecule has 4 aromatic rings. The summed E-state index contributed by atoms with van der Waals surface area (Å²) in [6, 6.07) is 4.70. The summed E-state index contributed by atoms with van der Waals surface area (Å²) in [5.74, 6) is 0.589. The standard InChI is InChI=1S/C22H26ClN9O3/c1-22(35)7-12(33)8-31(9-15(22)32-10-26-18-19(24)29-21(25)30-20(18)32)17(34)5-4-16-27-13-3-2-11(23)6-14(13)28-16/h2-3,6,10,12,15,33,35H,4-5,7-9H2,1H3,(H,27,28)(H4,24,25,29,30)/t12-,15+,22+/m0/s1. The number of halogens is 1. The fraction of sp³-hybridized carbons (Fsp3) is 0.409. The molecule has 12 nitrogen and oxygen atoms in total. The van der Waals surface area contributed by atoms with E-state index in [1.165, 1.54) is 6.33 Å². The lowest BCUT2D eigenvalue weighted by Gasteiger charge is -2.34. The van der Waals surface area contributed by atoms with Crippen LogP contribution in [0.25, 0.3) is 22.2 Å². The number of fused-ring (bicyclic) bond motifs is 2.